The fourth-order valence-corrected chi connectivity index (χ4v) is 4.19. The van der Waals surface area contributed by atoms with Gasteiger partial charge in [-0.15, -0.1) is 0 Å². The van der Waals surface area contributed by atoms with Gasteiger partial charge < -0.3 is 24.4 Å². The number of benzene rings is 1. The Morgan fingerprint density at radius 3 is 2.13 bits per heavy atom. The van der Waals surface area contributed by atoms with E-state index in [2.05, 4.69) is 26.1 Å². The highest BCUT2D eigenvalue weighted by Crippen LogP contribution is 2.43. The first kappa shape index (κ1) is 23.2. The van der Waals surface area contributed by atoms with Crippen LogP contribution in [-0.2, 0) is 9.59 Å². The number of carbonyl (C=O) groups excluding carboxylic acids is 2. The molecule has 0 bridgehead atoms. The number of methoxy groups -OCH3 is 3. The second-order valence-electron chi connectivity index (χ2n) is 9.90. The average molecular weight is 433 g/mol. The van der Waals surface area contributed by atoms with Crippen molar-refractivity contribution in [2.45, 2.75) is 46.0 Å². The maximum Gasteiger partial charge on any atom is 0.225 e. The molecule has 1 aliphatic carbocycles. The molecule has 31 heavy (non-hydrogen) atoms. The monoisotopic (exact) mass is 432 g/mol. The molecule has 3 rings (SSSR count). The fraction of sp³-hybridized carbons (Fsp3) is 0.667. The van der Waals surface area contributed by atoms with E-state index < -0.39 is 0 Å². The number of rotatable bonds is 8. The van der Waals surface area contributed by atoms with Crippen LogP contribution in [0.2, 0.25) is 0 Å². The van der Waals surface area contributed by atoms with E-state index in [0.717, 1.165) is 5.56 Å². The Morgan fingerprint density at radius 2 is 1.65 bits per heavy atom. The molecule has 1 aliphatic heterocycles. The van der Waals surface area contributed by atoms with Crippen LogP contribution in [0.4, 0.5) is 0 Å². The number of ether oxygens (including phenoxy) is 3. The molecule has 0 spiro atoms. The van der Waals surface area contributed by atoms with Gasteiger partial charge in [0.05, 0.1) is 27.2 Å². The zero-order valence-corrected chi connectivity index (χ0v) is 19.6. The van der Waals surface area contributed by atoms with Gasteiger partial charge in [-0.05, 0) is 41.9 Å². The van der Waals surface area contributed by atoms with Crippen LogP contribution < -0.4 is 19.5 Å². The smallest absolute Gasteiger partial charge is 0.225 e. The first-order valence-electron chi connectivity index (χ1n) is 11.0. The summed E-state index contributed by atoms with van der Waals surface area (Å²) in [5.74, 6) is 1.86. The highest BCUT2D eigenvalue weighted by molar-refractivity contribution is 5.83. The van der Waals surface area contributed by atoms with Gasteiger partial charge in [0.2, 0.25) is 17.6 Å². The number of hydrogen-bond acceptors (Lipinski definition) is 5. The van der Waals surface area contributed by atoms with E-state index in [4.69, 9.17) is 14.2 Å². The molecule has 0 aromatic heterocycles. The summed E-state index contributed by atoms with van der Waals surface area (Å²) in [6.45, 7) is 7.79. The Bertz CT molecular complexity index is 788. The molecule has 1 saturated carbocycles. The van der Waals surface area contributed by atoms with Crippen LogP contribution in [0.3, 0.4) is 0 Å². The first-order chi connectivity index (χ1) is 14.7. The number of nitrogens with one attached hydrogen (secondary N) is 1. The maximum atomic E-state index is 13.1. The predicted molar refractivity (Wildman–Crippen MR) is 119 cm³/mol. The van der Waals surface area contributed by atoms with Crippen molar-refractivity contribution in [3.8, 4) is 17.2 Å². The third-order valence-corrected chi connectivity index (χ3v) is 6.07. The van der Waals surface area contributed by atoms with Crippen molar-refractivity contribution < 1.29 is 23.8 Å². The van der Waals surface area contributed by atoms with Crippen LogP contribution in [0.5, 0.6) is 17.2 Å². The minimum absolute atomic E-state index is 0.0108. The summed E-state index contributed by atoms with van der Waals surface area (Å²) in [6.07, 6.45) is 2.81. The lowest BCUT2D eigenvalue weighted by atomic mass is 9.87. The fourth-order valence-electron chi connectivity index (χ4n) is 4.19. The Morgan fingerprint density at radius 1 is 1.03 bits per heavy atom. The quantitative estimate of drug-likeness (QED) is 0.683. The van der Waals surface area contributed by atoms with Crippen LogP contribution in [0.1, 0.15) is 51.5 Å². The van der Waals surface area contributed by atoms with Crippen LogP contribution >= 0.6 is 0 Å². The molecule has 1 heterocycles. The van der Waals surface area contributed by atoms with Gasteiger partial charge in [0, 0.05) is 32.0 Å². The molecule has 7 heteroatoms. The molecule has 2 amide bonds. The van der Waals surface area contributed by atoms with Crippen molar-refractivity contribution in [1.29, 1.82) is 0 Å². The molecule has 0 radical (unpaired) electrons. The van der Waals surface area contributed by atoms with Crippen molar-refractivity contribution in [2.75, 3.05) is 41.0 Å². The molecule has 1 saturated heterocycles. The van der Waals surface area contributed by atoms with Crippen LogP contribution in [-0.4, -0.2) is 57.7 Å². The molecular weight excluding hydrogens is 396 g/mol. The number of hydrogen-bond donors (Lipinski definition) is 1. The lowest BCUT2D eigenvalue weighted by Crippen LogP contribution is -2.37. The average Bonchev–Trinajstić information content (AvgIpc) is 3.44. The lowest BCUT2D eigenvalue weighted by Gasteiger charge is -2.23. The largest absolute Gasteiger partial charge is 0.493 e. The zero-order chi connectivity index (χ0) is 22.8. The topological polar surface area (TPSA) is 77.1 Å². The summed E-state index contributed by atoms with van der Waals surface area (Å²) in [4.78, 5) is 27.9. The van der Waals surface area contributed by atoms with Gasteiger partial charge in [0.1, 0.15) is 0 Å². The molecule has 2 atom stereocenters. The van der Waals surface area contributed by atoms with E-state index in [9.17, 15) is 9.59 Å². The Hall–Kier alpha value is -2.44. The predicted octanol–water partition coefficient (Wildman–Crippen LogP) is 3.22. The van der Waals surface area contributed by atoms with Gasteiger partial charge in [-0.1, -0.05) is 20.8 Å². The first-order valence-corrected chi connectivity index (χ1v) is 11.0. The van der Waals surface area contributed by atoms with E-state index in [-0.39, 0.29) is 29.1 Å². The summed E-state index contributed by atoms with van der Waals surface area (Å²) in [7, 11) is 4.72. The minimum Gasteiger partial charge on any atom is -0.493 e. The molecule has 1 aromatic carbocycles. The molecule has 0 unspecified atom stereocenters. The molecule has 7 nitrogen and oxygen atoms in total. The summed E-state index contributed by atoms with van der Waals surface area (Å²) in [6, 6.07) is 3.79. The molecule has 172 valence electrons. The van der Waals surface area contributed by atoms with Crippen molar-refractivity contribution in [2.24, 2.45) is 17.3 Å². The number of amides is 2. The standard InChI is InChI=1S/C24H36N2O5/c1-24(2,3)11-21(27)26-13-17(18(14-26)23(28)25-12-15-7-8-15)16-9-19(29-4)22(31-6)20(10-16)30-5/h9-10,15,17-18H,7-8,11-14H2,1-6H3,(H,25,28)/t17-,18+/m1/s1. The number of nitrogens with zero attached hydrogens (tertiary/aromatic N) is 1. The molecule has 2 fully saturated rings. The third-order valence-electron chi connectivity index (χ3n) is 6.07. The van der Waals surface area contributed by atoms with Crippen LogP contribution in [0.25, 0.3) is 0 Å². The van der Waals surface area contributed by atoms with Gasteiger partial charge >= 0.3 is 0 Å². The van der Waals surface area contributed by atoms with Crippen molar-refractivity contribution in [3.63, 3.8) is 0 Å². The second-order valence-corrected chi connectivity index (χ2v) is 9.90. The summed E-state index contributed by atoms with van der Waals surface area (Å²) in [5, 5.41) is 3.11. The third kappa shape index (κ3) is 5.63. The van der Waals surface area contributed by atoms with E-state index in [1.165, 1.54) is 12.8 Å². The SMILES string of the molecule is COc1cc([C@H]2CN(C(=O)CC(C)(C)C)C[C@@H]2C(=O)NCC2CC2)cc(OC)c1OC. The molecule has 1 aromatic rings. The molecular formula is C24H36N2O5. The number of carbonyl (C=O) groups is 2. The maximum absolute atomic E-state index is 13.1. The highest BCUT2D eigenvalue weighted by Gasteiger charge is 2.41. The zero-order valence-electron chi connectivity index (χ0n) is 19.6. The summed E-state index contributed by atoms with van der Waals surface area (Å²) >= 11 is 0. The van der Waals surface area contributed by atoms with Gasteiger partial charge in [-0.2, -0.15) is 0 Å². The lowest BCUT2D eigenvalue weighted by molar-refractivity contribution is -0.132. The summed E-state index contributed by atoms with van der Waals surface area (Å²) < 4.78 is 16.5. The highest BCUT2D eigenvalue weighted by atomic mass is 16.5. The van der Waals surface area contributed by atoms with Gasteiger partial charge in [-0.3, -0.25) is 9.59 Å². The minimum atomic E-state index is -0.314. The summed E-state index contributed by atoms with van der Waals surface area (Å²) in [5.41, 5.74) is 0.804. The Labute approximate surface area is 185 Å². The Balaban J connectivity index is 1.89. The van der Waals surface area contributed by atoms with E-state index >= 15 is 0 Å². The van der Waals surface area contributed by atoms with Crippen LogP contribution in [0, 0.1) is 17.3 Å². The van der Waals surface area contributed by atoms with Gasteiger partial charge in [0.25, 0.3) is 0 Å². The van der Waals surface area contributed by atoms with Crippen molar-refractivity contribution in [1.82, 2.24) is 10.2 Å². The van der Waals surface area contributed by atoms with E-state index in [1.54, 1.807) is 21.3 Å². The van der Waals surface area contributed by atoms with Gasteiger partial charge in [-0.25, -0.2) is 0 Å². The van der Waals surface area contributed by atoms with Crippen molar-refractivity contribution >= 4 is 11.8 Å². The van der Waals surface area contributed by atoms with Crippen molar-refractivity contribution in [3.05, 3.63) is 17.7 Å². The second kappa shape index (κ2) is 9.37. The van der Waals surface area contributed by atoms with Gasteiger partial charge in [0.15, 0.2) is 11.5 Å². The van der Waals surface area contributed by atoms with E-state index in [1.807, 2.05) is 17.0 Å². The number of likely N-dealkylation sites (tertiary alicyclic amines) is 1. The van der Waals surface area contributed by atoms with Crippen LogP contribution in [0.15, 0.2) is 12.1 Å². The molecule has 2 aliphatic rings. The van der Waals surface area contributed by atoms with E-state index in [0.29, 0.717) is 49.2 Å². The molecule has 1 N–H and O–H groups in total. The normalized spacial score (nSPS) is 21.0. The Kier molecular flexibility index (Phi) is 7.02.